The average molecular weight is 260 g/mol. The number of amides is 1. The quantitative estimate of drug-likeness (QED) is 0.473. The molecule has 0 spiro atoms. The molecule has 0 radical (unpaired) electrons. The van der Waals surface area contributed by atoms with E-state index in [4.69, 9.17) is 9.84 Å². The van der Waals surface area contributed by atoms with E-state index < -0.39 is 23.5 Å². The minimum Gasteiger partial charge on any atom is -0.480 e. The van der Waals surface area contributed by atoms with Crippen molar-refractivity contribution in [1.29, 1.82) is 0 Å². The number of hydrogen-bond acceptors (Lipinski definition) is 5. The Balaban J connectivity index is 2.33. The van der Waals surface area contributed by atoms with Gasteiger partial charge in [-0.25, -0.2) is 4.79 Å². The number of carboxylic acids is 1. The first-order valence-electron chi connectivity index (χ1n) is 5.94. The Bertz CT molecular complexity index is 302. The highest BCUT2D eigenvalue weighted by Gasteiger charge is 2.30. The molecule has 1 heterocycles. The third-order valence-electron chi connectivity index (χ3n) is 2.90. The molecular formula is C11H20N2O5. The first-order chi connectivity index (χ1) is 8.43. The van der Waals surface area contributed by atoms with Gasteiger partial charge in [0.2, 0.25) is 5.91 Å². The molecule has 1 unspecified atom stereocenters. The summed E-state index contributed by atoms with van der Waals surface area (Å²) in [7, 11) is 0. The molecule has 0 saturated carbocycles. The van der Waals surface area contributed by atoms with Crippen molar-refractivity contribution in [2.45, 2.75) is 31.4 Å². The Kier molecular flexibility index (Phi) is 5.52. The molecule has 1 atom stereocenters. The molecule has 0 aromatic rings. The van der Waals surface area contributed by atoms with Crippen LogP contribution >= 0.6 is 0 Å². The van der Waals surface area contributed by atoms with Crippen LogP contribution in [0.5, 0.6) is 0 Å². The standard InChI is InChI=1S/C11H20N2O5/c1-8(14)13-9(10(15)16)6-12-7-11(17)2-4-18-5-3-11/h9,12,17H,2-7H2,1H3,(H,13,14)(H,15,16). The van der Waals surface area contributed by atoms with Crippen molar-refractivity contribution in [3.05, 3.63) is 0 Å². The largest absolute Gasteiger partial charge is 0.480 e. The van der Waals surface area contributed by atoms with Crippen molar-refractivity contribution in [2.75, 3.05) is 26.3 Å². The summed E-state index contributed by atoms with van der Waals surface area (Å²) in [4.78, 5) is 21.7. The van der Waals surface area contributed by atoms with Crippen LogP contribution in [-0.4, -0.2) is 60.0 Å². The Morgan fingerprint density at radius 1 is 1.39 bits per heavy atom. The third kappa shape index (κ3) is 4.99. The summed E-state index contributed by atoms with van der Waals surface area (Å²) >= 11 is 0. The van der Waals surface area contributed by atoms with Gasteiger partial charge in [-0.1, -0.05) is 0 Å². The summed E-state index contributed by atoms with van der Waals surface area (Å²) in [6.07, 6.45) is 1.05. The fourth-order valence-corrected chi connectivity index (χ4v) is 1.82. The van der Waals surface area contributed by atoms with E-state index in [0.717, 1.165) is 0 Å². The zero-order valence-electron chi connectivity index (χ0n) is 10.4. The van der Waals surface area contributed by atoms with Gasteiger partial charge in [-0.2, -0.15) is 0 Å². The van der Waals surface area contributed by atoms with Gasteiger partial charge in [0.15, 0.2) is 0 Å². The smallest absolute Gasteiger partial charge is 0.327 e. The second-order valence-electron chi connectivity index (χ2n) is 4.56. The van der Waals surface area contributed by atoms with E-state index in [1.807, 2.05) is 0 Å². The van der Waals surface area contributed by atoms with Crippen LogP contribution in [0.25, 0.3) is 0 Å². The van der Waals surface area contributed by atoms with Gasteiger partial charge in [0.1, 0.15) is 6.04 Å². The first kappa shape index (κ1) is 14.9. The van der Waals surface area contributed by atoms with Gasteiger partial charge in [-0.05, 0) is 0 Å². The lowest BCUT2D eigenvalue weighted by molar-refractivity contribution is -0.141. The van der Waals surface area contributed by atoms with Crippen LogP contribution in [0, 0.1) is 0 Å². The SMILES string of the molecule is CC(=O)NC(CNCC1(O)CCOCC1)C(=O)O. The van der Waals surface area contributed by atoms with E-state index in [1.165, 1.54) is 6.92 Å². The zero-order valence-corrected chi connectivity index (χ0v) is 10.4. The predicted octanol–water partition coefficient (Wildman–Crippen LogP) is -1.29. The highest BCUT2D eigenvalue weighted by atomic mass is 16.5. The monoisotopic (exact) mass is 260 g/mol. The molecule has 1 fully saturated rings. The van der Waals surface area contributed by atoms with Crippen LogP contribution in [0.2, 0.25) is 0 Å². The molecule has 7 nitrogen and oxygen atoms in total. The lowest BCUT2D eigenvalue weighted by Gasteiger charge is -2.32. The molecule has 0 aromatic carbocycles. The molecule has 1 amide bonds. The topological polar surface area (TPSA) is 108 Å². The van der Waals surface area contributed by atoms with E-state index in [1.54, 1.807) is 0 Å². The van der Waals surface area contributed by atoms with Crippen LogP contribution in [0.4, 0.5) is 0 Å². The van der Waals surface area contributed by atoms with Gasteiger partial charge < -0.3 is 25.6 Å². The number of rotatable bonds is 6. The van der Waals surface area contributed by atoms with E-state index >= 15 is 0 Å². The van der Waals surface area contributed by atoms with Crippen molar-refractivity contribution < 1.29 is 24.5 Å². The summed E-state index contributed by atoms with van der Waals surface area (Å²) in [5, 5.41) is 24.2. The van der Waals surface area contributed by atoms with E-state index in [-0.39, 0.29) is 6.54 Å². The van der Waals surface area contributed by atoms with Crippen LogP contribution in [0.3, 0.4) is 0 Å². The van der Waals surface area contributed by atoms with Crippen LogP contribution in [0.1, 0.15) is 19.8 Å². The van der Waals surface area contributed by atoms with Crippen LogP contribution < -0.4 is 10.6 Å². The van der Waals surface area contributed by atoms with Crippen molar-refractivity contribution in [3.63, 3.8) is 0 Å². The lowest BCUT2D eigenvalue weighted by Crippen LogP contribution is -2.51. The van der Waals surface area contributed by atoms with E-state index in [0.29, 0.717) is 32.6 Å². The summed E-state index contributed by atoms with van der Waals surface area (Å²) in [5.41, 5.74) is -0.850. The molecule has 4 N–H and O–H groups in total. The molecule has 1 aliphatic rings. The van der Waals surface area contributed by atoms with Crippen molar-refractivity contribution >= 4 is 11.9 Å². The van der Waals surface area contributed by atoms with Crippen LogP contribution in [-0.2, 0) is 14.3 Å². The molecule has 1 rings (SSSR count). The van der Waals surface area contributed by atoms with E-state index in [9.17, 15) is 14.7 Å². The van der Waals surface area contributed by atoms with Gasteiger partial charge in [-0.3, -0.25) is 4.79 Å². The number of nitrogens with one attached hydrogen (secondary N) is 2. The van der Waals surface area contributed by atoms with Gasteiger partial charge >= 0.3 is 5.97 Å². The fourth-order valence-electron chi connectivity index (χ4n) is 1.82. The van der Waals surface area contributed by atoms with Gasteiger partial charge in [0.25, 0.3) is 0 Å². The summed E-state index contributed by atoms with van der Waals surface area (Å²) in [6, 6.07) is -0.981. The Hall–Kier alpha value is -1.18. The Morgan fingerprint density at radius 3 is 2.50 bits per heavy atom. The predicted molar refractivity (Wildman–Crippen MR) is 63.1 cm³/mol. The van der Waals surface area contributed by atoms with Crippen molar-refractivity contribution in [3.8, 4) is 0 Å². The number of ether oxygens (including phenoxy) is 1. The average Bonchev–Trinajstić information content (AvgIpc) is 2.27. The Labute approximate surface area is 106 Å². The highest BCUT2D eigenvalue weighted by molar-refractivity contribution is 5.82. The molecule has 0 bridgehead atoms. The van der Waals surface area contributed by atoms with Gasteiger partial charge in [0, 0.05) is 46.1 Å². The molecule has 7 heteroatoms. The Morgan fingerprint density at radius 2 is 2.00 bits per heavy atom. The maximum Gasteiger partial charge on any atom is 0.327 e. The number of carbonyl (C=O) groups excluding carboxylic acids is 1. The van der Waals surface area contributed by atoms with Gasteiger partial charge in [0.05, 0.1) is 5.60 Å². The number of aliphatic carboxylic acids is 1. The number of hydrogen-bond donors (Lipinski definition) is 4. The maximum atomic E-state index is 10.9. The second-order valence-corrected chi connectivity index (χ2v) is 4.56. The normalized spacial score (nSPS) is 20.1. The molecule has 1 saturated heterocycles. The third-order valence-corrected chi connectivity index (χ3v) is 2.90. The minimum atomic E-state index is -1.10. The lowest BCUT2D eigenvalue weighted by atomic mass is 9.94. The van der Waals surface area contributed by atoms with Crippen molar-refractivity contribution in [2.24, 2.45) is 0 Å². The van der Waals surface area contributed by atoms with E-state index in [2.05, 4.69) is 10.6 Å². The highest BCUT2D eigenvalue weighted by Crippen LogP contribution is 2.18. The molecular weight excluding hydrogens is 240 g/mol. The number of aliphatic hydroxyl groups is 1. The number of carbonyl (C=O) groups is 2. The number of carboxylic acid groups (broad SMARTS) is 1. The van der Waals surface area contributed by atoms with Crippen LogP contribution in [0.15, 0.2) is 0 Å². The second kappa shape index (κ2) is 6.67. The molecule has 0 aromatic heterocycles. The zero-order chi connectivity index (χ0) is 13.6. The molecule has 104 valence electrons. The molecule has 0 aliphatic carbocycles. The maximum absolute atomic E-state index is 10.9. The summed E-state index contributed by atoms with van der Waals surface area (Å²) in [6.45, 7) is 2.65. The molecule has 18 heavy (non-hydrogen) atoms. The fraction of sp³-hybridized carbons (Fsp3) is 0.818. The van der Waals surface area contributed by atoms with Crippen molar-refractivity contribution in [1.82, 2.24) is 10.6 Å². The van der Waals surface area contributed by atoms with Gasteiger partial charge in [-0.15, -0.1) is 0 Å². The minimum absolute atomic E-state index is 0.0814. The molecule has 1 aliphatic heterocycles. The first-order valence-corrected chi connectivity index (χ1v) is 5.94. The summed E-state index contributed by atoms with van der Waals surface area (Å²) < 4.78 is 5.14. The summed E-state index contributed by atoms with van der Waals surface area (Å²) in [5.74, 6) is -1.49.